The number of carbonyl (C=O) groups excluding carboxylic acids is 1. The monoisotopic (exact) mass is 238 g/mol. The minimum absolute atomic E-state index is 0.0456. The van der Waals surface area contributed by atoms with E-state index < -0.39 is 0 Å². The van der Waals surface area contributed by atoms with Gasteiger partial charge >= 0.3 is 5.97 Å². The highest BCUT2D eigenvalue weighted by atomic mass is 16.5. The maximum absolute atomic E-state index is 11.5. The minimum atomic E-state index is -0.345. The summed E-state index contributed by atoms with van der Waals surface area (Å²) in [6, 6.07) is 0. The van der Waals surface area contributed by atoms with Gasteiger partial charge < -0.3 is 9.26 Å². The van der Waals surface area contributed by atoms with Crippen molar-refractivity contribution >= 4 is 5.97 Å². The van der Waals surface area contributed by atoms with Gasteiger partial charge in [-0.25, -0.2) is 4.79 Å². The van der Waals surface area contributed by atoms with Crippen molar-refractivity contribution in [3.05, 3.63) is 23.4 Å². The fourth-order valence-corrected chi connectivity index (χ4v) is 1.19. The number of hydrogen-bond acceptors (Lipinski definition) is 5. The molecule has 17 heavy (non-hydrogen) atoms. The Hall–Kier alpha value is -1.65. The summed E-state index contributed by atoms with van der Waals surface area (Å²) in [7, 11) is 0. The third-order valence-electron chi connectivity index (χ3n) is 2.14. The van der Waals surface area contributed by atoms with Gasteiger partial charge in [0, 0.05) is 11.5 Å². The minimum Gasteiger partial charge on any atom is -0.454 e. The first kappa shape index (κ1) is 13.4. The largest absolute Gasteiger partial charge is 0.454 e. The first-order chi connectivity index (χ1) is 8.04. The van der Waals surface area contributed by atoms with Crippen LogP contribution in [0, 0.1) is 0 Å². The van der Waals surface area contributed by atoms with Crippen molar-refractivity contribution in [2.24, 2.45) is 0 Å². The number of hydrogen-bond donors (Lipinski definition) is 0. The topological polar surface area (TPSA) is 65.2 Å². The number of carbonyl (C=O) groups is 1. The number of rotatable bonds is 5. The van der Waals surface area contributed by atoms with Crippen LogP contribution < -0.4 is 0 Å². The maximum atomic E-state index is 11.5. The summed E-state index contributed by atoms with van der Waals surface area (Å²) in [6.07, 6.45) is 2.62. The number of nitrogens with zero attached hydrogens (tertiary/aromatic N) is 2. The predicted molar refractivity (Wildman–Crippen MR) is 62.2 cm³/mol. The van der Waals surface area contributed by atoms with Gasteiger partial charge in [0.2, 0.25) is 11.7 Å². The van der Waals surface area contributed by atoms with E-state index in [2.05, 4.69) is 10.1 Å². The van der Waals surface area contributed by atoms with Crippen molar-refractivity contribution in [2.75, 3.05) is 0 Å². The quantitative estimate of drug-likeness (QED) is 0.582. The van der Waals surface area contributed by atoms with E-state index >= 15 is 0 Å². The zero-order valence-electron chi connectivity index (χ0n) is 10.7. The van der Waals surface area contributed by atoms with Crippen LogP contribution in [0.5, 0.6) is 0 Å². The van der Waals surface area contributed by atoms with E-state index in [0.29, 0.717) is 17.3 Å². The summed E-state index contributed by atoms with van der Waals surface area (Å²) in [5.74, 6) is 0.777. The van der Waals surface area contributed by atoms with Gasteiger partial charge in [-0.3, -0.25) is 0 Å². The van der Waals surface area contributed by atoms with E-state index in [-0.39, 0.29) is 18.5 Å². The van der Waals surface area contributed by atoms with Gasteiger partial charge in [0.15, 0.2) is 6.61 Å². The molecular weight excluding hydrogens is 220 g/mol. The van der Waals surface area contributed by atoms with E-state index in [4.69, 9.17) is 9.26 Å². The van der Waals surface area contributed by atoms with Gasteiger partial charge in [-0.05, 0) is 13.3 Å². The lowest BCUT2D eigenvalue weighted by Gasteiger charge is -2.01. The summed E-state index contributed by atoms with van der Waals surface area (Å²) in [4.78, 5) is 15.6. The molecule has 0 N–H and O–H groups in total. The third-order valence-corrected chi connectivity index (χ3v) is 2.14. The Labute approximate surface area is 101 Å². The smallest absolute Gasteiger partial charge is 0.333 e. The van der Waals surface area contributed by atoms with E-state index in [0.717, 1.165) is 6.42 Å². The Bertz CT molecular complexity index is 408. The second-order valence-electron chi connectivity index (χ2n) is 4.08. The van der Waals surface area contributed by atoms with Crippen LogP contribution in [0.25, 0.3) is 0 Å². The molecule has 0 saturated heterocycles. The molecule has 0 aliphatic heterocycles. The highest BCUT2D eigenvalue weighted by Gasteiger charge is 2.12. The molecule has 94 valence electrons. The molecule has 0 aliphatic rings. The molecular formula is C12H18N2O3. The molecule has 0 amide bonds. The lowest BCUT2D eigenvalue weighted by molar-refractivity contribution is -0.140. The number of allylic oxidation sites excluding steroid dienone is 1. The SMILES string of the molecule is CC/C=C(\C)C(=O)OCc1noc(C(C)C)n1. The van der Waals surface area contributed by atoms with Gasteiger partial charge in [-0.15, -0.1) is 0 Å². The molecule has 0 spiro atoms. The second-order valence-corrected chi connectivity index (χ2v) is 4.08. The van der Waals surface area contributed by atoms with Crippen molar-refractivity contribution < 1.29 is 14.1 Å². The van der Waals surface area contributed by atoms with Gasteiger partial charge in [-0.1, -0.05) is 32.0 Å². The summed E-state index contributed by atoms with van der Waals surface area (Å²) >= 11 is 0. The summed E-state index contributed by atoms with van der Waals surface area (Å²) < 4.78 is 10.0. The average Bonchev–Trinajstić information content (AvgIpc) is 2.75. The molecule has 5 nitrogen and oxygen atoms in total. The van der Waals surface area contributed by atoms with E-state index in [1.165, 1.54) is 0 Å². The molecule has 1 heterocycles. The molecule has 1 rings (SSSR count). The van der Waals surface area contributed by atoms with Crippen LogP contribution in [0.15, 0.2) is 16.2 Å². The van der Waals surface area contributed by atoms with Crippen LogP contribution in [0.3, 0.4) is 0 Å². The zero-order valence-corrected chi connectivity index (χ0v) is 10.7. The molecule has 0 saturated carbocycles. The van der Waals surface area contributed by atoms with E-state index in [1.54, 1.807) is 6.92 Å². The highest BCUT2D eigenvalue weighted by Crippen LogP contribution is 2.11. The number of ether oxygens (including phenoxy) is 1. The van der Waals surface area contributed by atoms with Crippen molar-refractivity contribution in [3.63, 3.8) is 0 Å². The number of aromatic nitrogens is 2. The molecule has 0 atom stereocenters. The molecule has 0 radical (unpaired) electrons. The molecule has 0 unspecified atom stereocenters. The average molecular weight is 238 g/mol. The Morgan fingerprint density at radius 1 is 1.53 bits per heavy atom. The normalized spacial score (nSPS) is 11.9. The van der Waals surface area contributed by atoms with Gasteiger partial charge in [0.1, 0.15) is 0 Å². The van der Waals surface area contributed by atoms with Gasteiger partial charge in [0.05, 0.1) is 0 Å². The van der Waals surface area contributed by atoms with Crippen LogP contribution in [0.2, 0.25) is 0 Å². The first-order valence-corrected chi connectivity index (χ1v) is 5.71. The van der Waals surface area contributed by atoms with Gasteiger partial charge in [0.25, 0.3) is 0 Å². The van der Waals surface area contributed by atoms with Crippen LogP contribution >= 0.6 is 0 Å². The summed E-state index contributed by atoms with van der Waals surface area (Å²) in [5, 5.41) is 3.73. The Kier molecular flexibility index (Phi) is 4.87. The fraction of sp³-hybridized carbons (Fsp3) is 0.583. The molecule has 0 fully saturated rings. The Morgan fingerprint density at radius 3 is 2.76 bits per heavy atom. The van der Waals surface area contributed by atoms with Crippen LogP contribution in [-0.4, -0.2) is 16.1 Å². The lowest BCUT2D eigenvalue weighted by atomic mass is 10.2. The van der Waals surface area contributed by atoms with Gasteiger partial charge in [-0.2, -0.15) is 4.98 Å². The highest BCUT2D eigenvalue weighted by molar-refractivity contribution is 5.87. The van der Waals surface area contributed by atoms with Crippen LogP contribution in [0.1, 0.15) is 51.7 Å². The summed E-state index contributed by atoms with van der Waals surface area (Å²) in [5.41, 5.74) is 0.597. The van der Waals surface area contributed by atoms with Crippen LogP contribution in [-0.2, 0) is 16.1 Å². The first-order valence-electron chi connectivity index (χ1n) is 5.71. The maximum Gasteiger partial charge on any atom is 0.333 e. The predicted octanol–water partition coefficient (Wildman–Crippen LogP) is 2.59. The van der Waals surface area contributed by atoms with Crippen LogP contribution in [0.4, 0.5) is 0 Å². The zero-order chi connectivity index (χ0) is 12.8. The Morgan fingerprint density at radius 2 is 2.24 bits per heavy atom. The van der Waals surface area contributed by atoms with E-state index in [9.17, 15) is 4.79 Å². The van der Waals surface area contributed by atoms with Crippen molar-refractivity contribution in [3.8, 4) is 0 Å². The molecule has 0 aromatic carbocycles. The number of esters is 1. The van der Waals surface area contributed by atoms with Crippen molar-refractivity contribution in [2.45, 2.75) is 46.6 Å². The summed E-state index contributed by atoms with van der Waals surface area (Å²) in [6.45, 7) is 7.64. The lowest BCUT2D eigenvalue weighted by Crippen LogP contribution is -2.06. The molecule has 0 aliphatic carbocycles. The molecule has 1 aromatic heterocycles. The van der Waals surface area contributed by atoms with Crippen molar-refractivity contribution in [1.29, 1.82) is 0 Å². The van der Waals surface area contributed by atoms with E-state index in [1.807, 2.05) is 26.8 Å². The third kappa shape index (κ3) is 4.01. The molecule has 0 bridgehead atoms. The second kappa shape index (κ2) is 6.18. The fourth-order valence-electron chi connectivity index (χ4n) is 1.19. The standard InChI is InChI=1S/C12H18N2O3/c1-5-6-9(4)12(15)16-7-10-13-11(8(2)3)17-14-10/h6,8H,5,7H2,1-4H3/b9-6+. The Balaban J connectivity index is 2.50. The molecule has 5 heteroatoms. The van der Waals surface area contributed by atoms with Crippen molar-refractivity contribution in [1.82, 2.24) is 10.1 Å². The molecule has 1 aromatic rings.